The van der Waals surface area contributed by atoms with E-state index in [1.807, 2.05) is 0 Å². The molecule has 4 rings (SSSR count). The van der Waals surface area contributed by atoms with Crippen molar-refractivity contribution in [1.29, 1.82) is 0 Å². The Kier molecular flexibility index (Phi) is 7.18. The number of carboxylic acid groups (broad SMARTS) is 1. The second-order valence-corrected chi connectivity index (χ2v) is 7.36. The number of benzene rings is 1. The van der Waals surface area contributed by atoms with E-state index in [4.69, 9.17) is 9.90 Å². The number of likely N-dealkylation sites (tertiary alicyclic amines) is 1. The number of anilines is 1. The highest BCUT2D eigenvalue weighted by Gasteiger charge is 2.31. The van der Waals surface area contributed by atoms with Gasteiger partial charge in [-0.2, -0.15) is 13.2 Å². The van der Waals surface area contributed by atoms with Crippen LogP contribution >= 0.6 is 0 Å². The highest BCUT2D eigenvalue weighted by Crippen LogP contribution is 2.35. The van der Waals surface area contributed by atoms with Crippen molar-refractivity contribution in [3.05, 3.63) is 48.0 Å². The number of rotatable bonds is 3. The number of hydrogen-bond donors (Lipinski definition) is 2. The Balaban J connectivity index is 0.000000913. The van der Waals surface area contributed by atoms with Gasteiger partial charge < -0.3 is 15.3 Å². The first-order valence-corrected chi connectivity index (χ1v) is 9.75. The van der Waals surface area contributed by atoms with Gasteiger partial charge in [0.05, 0.1) is 5.56 Å². The predicted molar refractivity (Wildman–Crippen MR) is 111 cm³/mol. The number of alkyl halides is 3. The van der Waals surface area contributed by atoms with Crippen LogP contribution in [0.4, 0.5) is 23.4 Å². The number of aromatic nitrogens is 3. The molecular formula is C21H21F4N5O2. The smallest absolute Gasteiger partial charge is 0.416 e. The number of nitrogens with zero attached hydrogens (tertiary/aromatic N) is 4. The van der Waals surface area contributed by atoms with Crippen LogP contribution in [-0.4, -0.2) is 57.8 Å². The van der Waals surface area contributed by atoms with Crippen LogP contribution in [0, 0.1) is 5.82 Å². The van der Waals surface area contributed by atoms with Crippen LogP contribution in [-0.2, 0) is 11.0 Å². The third-order valence-electron chi connectivity index (χ3n) is 5.10. The lowest BCUT2D eigenvalue weighted by Crippen LogP contribution is -2.40. The summed E-state index contributed by atoms with van der Waals surface area (Å²) in [5, 5.41) is 19.8. The first-order valence-electron chi connectivity index (χ1n) is 9.75. The first-order chi connectivity index (χ1) is 15.2. The van der Waals surface area contributed by atoms with E-state index in [0.717, 1.165) is 38.1 Å². The van der Waals surface area contributed by atoms with E-state index >= 15 is 0 Å². The van der Waals surface area contributed by atoms with Crippen LogP contribution in [0.25, 0.3) is 22.0 Å². The fourth-order valence-electron chi connectivity index (χ4n) is 3.66. The number of halogens is 4. The summed E-state index contributed by atoms with van der Waals surface area (Å²) in [7, 11) is 2.05. The molecule has 0 spiro atoms. The largest absolute Gasteiger partial charge is 0.483 e. The zero-order valence-electron chi connectivity index (χ0n) is 17.1. The van der Waals surface area contributed by atoms with Crippen LogP contribution in [0.3, 0.4) is 0 Å². The van der Waals surface area contributed by atoms with Crippen LogP contribution in [0.15, 0.2) is 36.7 Å². The predicted octanol–water partition coefficient (Wildman–Crippen LogP) is 4.06. The van der Waals surface area contributed by atoms with E-state index in [-0.39, 0.29) is 23.8 Å². The maximum Gasteiger partial charge on any atom is 0.416 e. The molecule has 0 amide bonds. The van der Waals surface area contributed by atoms with Crippen molar-refractivity contribution in [1.82, 2.24) is 20.1 Å². The van der Waals surface area contributed by atoms with Crippen molar-refractivity contribution >= 4 is 23.1 Å². The first kappa shape index (κ1) is 23.3. The van der Waals surface area contributed by atoms with Crippen LogP contribution in [0.5, 0.6) is 0 Å². The fraction of sp³-hybridized carbons (Fsp3) is 0.333. The minimum absolute atomic E-state index is 0.0364. The van der Waals surface area contributed by atoms with Gasteiger partial charge in [-0.15, -0.1) is 10.2 Å². The zero-order valence-corrected chi connectivity index (χ0v) is 17.1. The lowest BCUT2D eigenvalue weighted by atomic mass is 10.0. The summed E-state index contributed by atoms with van der Waals surface area (Å²) in [5.41, 5.74) is -0.900. The number of fused-ring (bicyclic) bond motifs is 1. The third-order valence-corrected chi connectivity index (χ3v) is 5.10. The van der Waals surface area contributed by atoms with Gasteiger partial charge in [-0.3, -0.25) is 9.78 Å². The molecule has 3 heterocycles. The van der Waals surface area contributed by atoms with Crippen molar-refractivity contribution in [2.75, 3.05) is 25.5 Å². The molecule has 1 fully saturated rings. The number of hydrogen-bond acceptors (Lipinski definition) is 6. The number of pyridine rings is 1. The van der Waals surface area contributed by atoms with Crippen molar-refractivity contribution in [3.63, 3.8) is 0 Å². The maximum absolute atomic E-state index is 14.5. The van der Waals surface area contributed by atoms with Gasteiger partial charge in [-0.1, -0.05) is 0 Å². The second-order valence-electron chi connectivity index (χ2n) is 7.36. The van der Waals surface area contributed by atoms with Gasteiger partial charge in [-0.05, 0) is 50.7 Å². The van der Waals surface area contributed by atoms with E-state index in [0.29, 0.717) is 22.7 Å². The van der Waals surface area contributed by atoms with E-state index in [1.54, 1.807) is 12.3 Å². The number of likely N-dealkylation sites (N-methyl/N-ethyl adjacent to an activating group) is 1. The molecular weight excluding hydrogens is 430 g/mol. The van der Waals surface area contributed by atoms with Gasteiger partial charge in [0.25, 0.3) is 6.47 Å². The molecule has 0 saturated carbocycles. The molecule has 1 aliphatic rings. The van der Waals surface area contributed by atoms with E-state index in [9.17, 15) is 17.6 Å². The molecule has 7 nitrogen and oxygen atoms in total. The van der Waals surface area contributed by atoms with Gasteiger partial charge in [-0.25, -0.2) is 4.39 Å². The SMILES string of the molecule is CN1CCC[C@@H](Nc2nnc(-c3ccc(C(F)(F)F)cc3F)c3ccncc23)C1.O=CO. The van der Waals surface area contributed by atoms with Crippen LogP contribution in [0.2, 0.25) is 0 Å². The quantitative estimate of drug-likeness (QED) is 0.459. The van der Waals surface area contributed by atoms with Gasteiger partial charge in [0.1, 0.15) is 11.5 Å². The van der Waals surface area contributed by atoms with Crippen molar-refractivity contribution in [2.45, 2.75) is 25.1 Å². The summed E-state index contributed by atoms with van der Waals surface area (Å²) in [6.07, 6.45) is 0.575. The molecule has 11 heteroatoms. The Hall–Kier alpha value is -3.34. The molecule has 1 aliphatic heterocycles. The lowest BCUT2D eigenvalue weighted by molar-refractivity contribution is -0.137. The van der Waals surface area contributed by atoms with Crippen molar-refractivity contribution < 1.29 is 27.5 Å². The minimum Gasteiger partial charge on any atom is -0.483 e. The number of piperidine rings is 1. The highest BCUT2D eigenvalue weighted by atomic mass is 19.4. The molecule has 0 aliphatic carbocycles. The normalized spacial score (nSPS) is 16.8. The monoisotopic (exact) mass is 451 g/mol. The Morgan fingerprint density at radius 3 is 2.62 bits per heavy atom. The molecule has 0 bridgehead atoms. The van der Waals surface area contributed by atoms with Crippen LogP contribution in [0.1, 0.15) is 18.4 Å². The topological polar surface area (TPSA) is 91.2 Å². The van der Waals surface area contributed by atoms with Gasteiger partial charge in [0.2, 0.25) is 0 Å². The average molecular weight is 451 g/mol. The van der Waals surface area contributed by atoms with E-state index < -0.39 is 17.6 Å². The summed E-state index contributed by atoms with van der Waals surface area (Å²) in [6.45, 7) is 1.65. The van der Waals surface area contributed by atoms with Crippen molar-refractivity contribution in [2.24, 2.45) is 0 Å². The molecule has 3 aromatic rings. The molecule has 0 unspecified atom stereocenters. The highest BCUT2D eigenvalue weighted by molar-refractivity contribution is 5.99. The average Bonchev–Trinajstić information content (AvgIpc) is 2.74. The second kappa shape index (κ2) is 9.86. The summed E-state index contributed by atoms with van der Waals surface area (Å²) in [4.78, 5) is 14.7. The van der Waals surface area contributed by atoms with E-state index in [2.05, 4.69) is 32.4 Å². The summed E-state index contributed by atoms with van der Waals surface area (Å²) < 4.78 is 53.0. The Morgan fingerprint density at radius 2 is 1.97 bits per heavy atom. The summed E-state index contributed by atoms with van der Waals surface area (Å²) in [6, 6.07) is 4.27. The Morgan fingerprint density at radius 1 is 1.22 bits per heavy atom. The standard InChI is InChI=1S/C20H19F4N5.CH2O2/c1-29-8-2-3-13(11-29)26-19-16-10-25-7-6-14(16)18(27-28-19)15-5-4-12(9-17(15)21)20(22,23)24;2-1-3/h4-7,9-10,13H,2-3,8,11H2,1H3,(H,26,28);1H,(H,2,3)/t13-;/m1./s1. The molecule has 0 radical (unpaired) electrons. The fourth-order valence-corrected chi connectivity index (χ4v) is 3.66. The molecule has 1 saturated heterocycles. The third kappa shape index (κ3) is 5.28. The Labute approximate surface area is 181 Å². The molecule has 1 atom stereocenters. The minimum atomic E-state index is -4.61. The number of nitrogens with one attached hydrogen (secondary N) is 1. The van der Waals surface area contributed by atoms with E-state index in [1.165, 1.54) is 6.20 Å². The maximum atomic E-state index is 14.5. The van der Waals surface area contributed by atoms with Gasteiger partial charge in [0.15, 0.2) is 5.82 Å². The van der Waals surface area contributed by atoms with Crippen molar-refractivity contribution in [3.8, 4) is 11.3 Å². The summed E-state index contributed by atoms with van der Waals surface area (Å²) in [5.74, 6) is -0.466. The molecule has 2 N–H and O–H groups in total. The van der Waals surface area contributed by atoms with Crippen LogP contribution < -0.4 is 5.32 Å². The molecule has 32 heavy (non-hydrogen) atoms. The number of carbonyl (C=O) groups is 1. The zero-order chi connectivity index (χ0) is 23.3. The Bertz CT molecular complexity index is 1090. The lowest BCUT2D eigenvalue weighted by Gasteiger charge is -2.30. The molecule has 1 aromatic carbocycles. The van der Waals surface area contributed by atoms with Gasteiger partial charge in [0, 0.05) is 41.3 Å². The summed E-state index contributed by atoms with van der Waals surface area (Å²) >= 11 is 0. The molecule has 2 aromatic heterocycles. The van der Waals surface area contributed by atoms with Gasteiger partial charge >= 0.3 is 6.18 Å². The molecule has 170 valence electrons.